The highest BCUT2D eigenvalue weighted by Crippen LogP contribution is 2.17. The van der Waals surface area contributed by atoms with E-state index in [9.17, 15) is 4.79 Å². The second-order valence-corrected chi connectivity index (χ2v) is 5.93. The lowest BCUT2D eigenvalue weighted by molar-refractivity contribution is -0.134. The third-order valence-electron chi connectivity index (χ3n) is 2.65. The number of ether oxygens (including phenoxy) is 2. The molecule has 1 fully saturated rings. The molecule has 0 aromatic rings. The van der Waals surface area contributed by atoms with Gasteiger partial charge in [0.15, 0.2) is 0 Å². The monoisotopic (exact) mass is 306 g/mol. The molecule has 2 unspecified atom stereocenters. The first-order valence-electron chi connectivity index (χ1n) is 6.88. The number of carboxylic acid groups (broad SMARTS) is 1. The molecule has 0 spiro atoms. The number of carbonyl (C=O) groups excluding carboxylic acids is 1. The van der Waals surface area contributed by atoms with Crippen molar-refractivity contribution in [3.8, 4) is 0 Å². The van der Waals surface area contributed by atoms with E-state index in [1.165, 1.54) is 0 Å². The lowest BCUT2D eigenvalue weighted by Crippen LogP contribution is -2.43. The van der Waals surface area contributed by atoms with E-state index in [4.69, 9.17) is 19.4 Å². The molecular formula is C14H30N2O5. The van der Waals surface area contributed by atoms with Crippen LogP contribution in [0.25, 0.3) is 0 Å². The Balaban J connectivity index is 0. The predicted molar refractivity (Wildman–Crippen MR) is 80.7 cm³/mol. The largest absolute Gasteiger partial charge is 0.481 e. The van der Waals surface area contributed by atoms with Crippen LogP contribution in [0.15, 0.2) is 0 Å². The highest BCUT2D eigenvalue weighted by Gasteiger charge is 2.24. The molecule has 21 heavy (non-hydrogen) atoms. The molecule has 5 N–H and O–H groups in total. The van der Waals surface area contributed by atoms with E-state index in [1.807, 2.05) is 27.7 Å². The van der Waals surface area contributed by atoms with Crippen molar-refractivity contribution in [2.24, 2.45) is 5.92 Å². The van der Waals surface area contributed by atoms with Crippen LogP contribution < -0.4 is 11.5 Å². The van der Waals surface area contributed by atoms with Crippen molar-refractivity contribution in [2.45, 2.75) is 59.1 Å². The van der Waals surface area contributed by atoms with Crippen LogP contribution in [0.3, 0.4) is 0 Å². The van der Waals surface area contributed by atoms with Gasteiger partial charge in [-0.05, 0) is 40.5 Å². The van der Waals surface area contributed by atoms with Crippen LogP contribution in [0.2, 0.25) is 0 Å². The van der Waals surface area contributed by atoms with Gasteiger partial charge in [-0.25, -0.2) is 4.79 Å². The van der Waals surface area contributed by atoms with Crippen LogP contribution in [0, 0.1) is 5.92 Å². The normalized spacial score (nSPS) is 19.2. The fourth-order valence-corrected chi connectivity index (χ4v) is 1.77. The summed E-state index contributed by atoms with van der Waals surface area (Å²) in [6.07, 6.45) is 1.84. The zero-order valence-electron chi connectivity index (χ0n) is 13.8. The average Bonchev–Trinajstić information content (AvgIpc) is 2.26. The number of hydrogen-bond acceptors (Lipinski definition) is 5. The molecule has 0 radical (unpaired) electrons. The van der Waals surface area contributed by atoms with Gasteiger partial charge in [0.1, 0.15) is 5.60 Å². The quantitative estimate of drug-likeness (QED) is 0.721. The van der Waals surface area contributed by atoms with Gasteiger partial charge in [-0.15, -0.1) is 0 Å². The molecule has 0 bridgehead atoms. The Morgan fingerprint density at radius 2 is 1.90 bits per heavy atom. The Morgan fingerprint density at radius 3 is 2.29 bits per heavy atom. The van der Waals surface area contributed by atoms with Crippen LogP contribution >= 0.6 is 0 Å². The van der Waals surface area contributed by atoms with E-state index in [-0.39, 0.29) is 18.3 Å². The summed E-state index contributed by atoms with van der Waals surface area (Å²) < 4.78 is 10.6. The highest BCUT2D eigenvalue weighted by molar-refractivity contribution is 5.68. The third-order valence-corrected chi connectivity index (χ3v) is 2.65. The molecule has 1 aliphatic rings. The van der Waals surface area contributed by atoms with Crippen LogP contribution in [0.4, 0.5) is 4.79 Å². The van der Waals surface area contributed by atoms with Gasteiger partial charge in [-0.2, -0.15) is 0 Å². The topological polar surface area (TPSA) is 120 Å². The fraction of sp³-hybridized carbons (Fsp3) is 0.857. The molecule has 0 saturated carbocycles. The van der Waals surface area contributed by atoms with Crippen molar-refractivity contribution in [1.82, 2.24) is 11.5 Å². The molecule has 1 heterocycles. The van der Waals surface area contributed by atoms with E-state index in [0.717, 1.165) is 33.0 Å². The maximum absolute atomic E-state index is 11.5. The standard InChI is InChI=1S/C12H23NO3.C2H4O2.H3N/c1-9(10-6-5-7-15-8-10)13-11(14)16-12(2,3)4;1-2(3)4;/h9-10H,5-8H2,1-4H3,(H,13,14);1H3,(H,3,4);1H3. The zero-order valence-corrected chi connectivity index (χ0v) is 13.8. The number of rotatable bonds is 2. The van der Waals surface area contributed by atoms with Crippen LogP contribution in [0.5, 0.6) is 0 Å². The van der Waals surface area contributed by atoms with Gasteiger partial charge >= 0.3 is 6.09 Å². The summed E-state index contributed by atoms with van der Waals surface area (Å²) in [5, 5.41) is 10.3. The second kappa shape index (κ2) is 10.4. The molecule has 1 aliphatic heterocycles. The maximum Gasteiger partial charge on any atom is 0.407 e. The number of hydrogen-bond donors (Lipinski definition) is 3. The molecule has 1 rings (SSSR count). The summed E-state index contributed by atoms with van der Waals surface area (Å²) in [4.78, 5) is 20.5. The number of amides is 1. The summed E-state index contributed by atoms with van der Waals surface area (Å²) in [6.45, 7) is 10.2. The lowest BCUT2D eigenvalue weighted by Gasteiger charge is -2.29. The van der Waals surface area contributed by atoms with Gasteiger partial charge in [-0.3, -0.25) is 4.79 Å². The number of carbonyl (C=O) groups is 2. The number of nitrogens with one attached hydrogen (secondary N) is 1. The molecule has 126 valence electrons. The van der Waals surface area contributed by atoms with E-state index >= 15 is 0 Å². The summed E-state index contributed by atoms with van der Waals surface area (Å²) in [5.74, 6) is -0.429. The first kappa shape index (κ1) is 21.9. The van der Waals surface area contributed by atoms with Gasteiger partial charge in [0, 0.05) is 25.5 Å². The van der Waals surface area contributed by atoms with Crippen LogP contribution in [-0.4, -0.2) is 42.0 Å². The minimum atomic E-state index is -0.833. The smallest absolute Gasteiger partial charge is 0.407 e. The minimum absolute atomic E-state index is 0. The number of carboxylic acids is 1. The first-order chi connectivity index (χ1) is 9.11. The van der Waals surface area contributed by atoms with Crippen molar-refractivity contribution in [3.63, 3.8) is 0 Å². The molecule has 0 aliphatic carbocycles. The SMILES string of the molecule is CC(=O)O.CC(NC(=O)OC(C)(C)C)C1CCCOC1.N. The first-order valence-corrected chi connectivity index (χ1v) is 6.88. The molecular weight excluding hydrogens is 276 g/mol. The zero-order chi connectivity index (χ0) is 15.8. The third kappa shape index (κ3) is 13.4. The van der Waals surface area contributed by atoms with Gasteiger partial charge in [0.05, 0.1) is 6.61 Å². The van der Waals surface area contributed by atoms with Crippen molar-refractivity contribution in [2.75, 3.05) is 13.2 Å². The lowest BCUT2D eigenvalue weighted by atomic mass is 9.95. The maximum atomic E-state index is 11.5. The minimum Gasteiger partial charge on any atom is -0.481 e. The molecule has 2 atom stereocenters. The summed E-state index contributed by atoms with van der Waals surface area (Å²) in [5.41, 5.74) is -0.438. The van der Waals surface area contributed by atoms with Gasteiger partial charge in [-0.1, -0.05) is 0 Å². The summed E-state index contributed by atoms with van der Waals surface area (Å²) >= 11 is 0. The highest BCUT2D eigenvalue weighted by atomic mass is 16.6. The molecule has 7 nitrogen and oxygen atoms in total. The molecule has 1 amide bonds. The second-order valence-electron chi connectivity index (χ2n) is 5.93. The van der Waals surface area contributed by atoms with Crippen molar-refractivity contribution in [3.05, 3.63) is 0 Å². The van der Waals surface area contributed by atoms with Gasteiger partial charge in [0.25, 0.3) is 5.97 Å². The Morgan fingerprint density at radius 1 is 1.38 bits per heavy atom. The van der Waals surface area contributed by atoms with E-state index in [1.54, 1.807) is 0 Å². The van der Waals surface area contributed by atoms with E-state index < -0.39 is 11.6 Å². The van der Waals surface area contributed by atoms with Crippen LogP contribution in [-0.2, 0) is 14.3 Å². The van der Waals surface area contributed by atoms with Crippen molar-refractivity contribution in [1.29, 1.82) is 0 Å². The summed E-state index contributed by atoms with van der Waals surface area (Å²) in [7, 11) is 0. The van der Waals surface area contributed by atoms with Crippen molar-refractivity contribution >= 4 is 12.1 Å². The number of aliphatic carboxylic acids is 1. The molecule has 0 aromatic heterocycles. The number of alkyl carbamates (subject to hydrolysis) is 1. The van der Waals surface area contributed by atoms with Crippen molar-refractivity contribution < 1.29 is 24.2 Å². The van der Waals surface area contributed by atoms with E-state index in [0.29, 0.717) is 5.92 Å². The molecule has 1 saturated heterocycles. The molecule has 0 aromatic carbocycles. The Hall–Kier alpha value is -1.34. The predicted octanol–water partition coefficient (Wildman–Crippen LogP) is 2.58. The molecule has 7 heteroatoms. The summed E-state index contributed by atoms with van der Waals surface area (Å²) in [6, 6.07) is 0.107. The average molecular weight is 306 g/mol. The van der Waals surface area contributed by atoms with Crippen LogP contribution in [0.1, 0.15) is 47.5 Å². The van der Waals surface area contributed by atoms with Gasteiger partial charge < -0.3 is 26.0 Å². The fourth-order valence-electron chi connectivity index (χ4n) is 1.77. The Kier molecular flexibility index (Phi) is 10.9. The van der Waals surface area contributed by atoms with E-state index in [2.05, 4.69) is 5.32 Å². The Bertz CT molecular complexity index is 305. The van der Waals surface area contributed by atoms with Gasteiger partial charge in [0.2, 0.25) is 0 Å². The Labute approximate surface area is 127 Å².